The number of Topliss-reactive ketones (excluding diaryl/α,β-unsaturated/α-hetero) is 1. The van der Waals surface area contributed by atoms with E-state index in [0.29, 0.717) is 22.8 Å². The average Bonchev–Trinajstić information content (AvgIpc) is 3.31. The molecule has 0 bridgehead atoms. The summed E-state index contributed by atoms with van der Waals surface area (Å²) < 4.78 is 26.3. The van der Waals surface area contributed by atoms with Crippen molar-refractivity contribution in [2.75, 3.05) is 0 Å². The first kappa shape index (κ1) is 18.2. The van der Waals surface area contributed by atoms with Gasteiger partial charge < -0.3 is 14.1 Å². The van der Waals surface area contributed by atoms with Gasteiger partial charge in [-0.05, 0) is 43.4 Å². The average molecular weight is 395 g/mol. The summed E-state index contributed by atoms with van der Waals surface area (Å²) in [4.78, 5) is 28.3. The molecule has 2 aromatic rings. The van der Waals surface area contributed by atoms with E-state index in [0.717, 1.165) is 19.3 Å². The van der Waals surface area contributed by atoms with Gasteiger partial charge in [-0.1, -0.05) is 25.1 Å². The number of carbonyl (C=O) groups excluding carboxylic acids is 2. The quantitative estimate of drug-likeness (QED) is 0.783. The number of rotatable bonds is 3. The number of benzene rings is 1. The number of nitrogens with zero attached hydrogens (tertiary/aromatic N) is 1. The van der Waals surface area contributed by atoms with E-state index in [1.807, 2.05) is 0 Å². The number of carbonyl (C=O) groups is 2. The van der Waals surface area contributed by atoms with Gasteiger partial charge in [-0.25, -0.2) is 4.39 Å². The third kappa shape index (κ3) is 2.89. The number of halogens is 1. The Balaban J connectivity index is 1.60. The third-order valence-corrected chi connectivity index (χ3v) is 6.31. The summed E-state index contributed by atoms with van der Waals surface area (Å²) in [5.74, 6) is -0.0992. The first-order valence-electron chi connectivity index (χ1n) is 10.1. The number of hydrogen-bond donors (Lipinski definition) is 0. The molecular weight excluding hydrogens is 373 g/mol. The molecule has 6 heteroatoms. The number of fused-ring (bicyclic) bond motifs is 1. The summed E-state index contributed by atoms with van der Waals surface area (Å²) in [6, 6.07) is 8.97. The van der Waals surface area contributed by atoms with E-state index in [1.54, 1.807) is 30.3 Å². The Bertz CT molecular complexity index is 996. The molecule has 3 aliphatic rings. The van der Waals surface area contributed by atoms with Crippen molar-refractivity contribution in [3.63, 3.8) is 0 Å². The Morgan fingerprint density at radius 2 is 1.97 bits per heavy atom. The zero-order valence-electron chi connectivity index (χ0n) is 16.1. The van der Waals surface area contributed by atoms with Crippen LogP contribution in [0.1, 0.15) is 43.6 Å². The van der Waals surface area contributed by atoms with Crippen molar-refractivity contribution < 1.29 is 23.1 Å². The number of amides is 1. The van der Waals surface area contributed by atoms with Crippen molar-refractivity contribution >= 4 is 11.7 Å². The first-order chi connectivity index (χ1) is 14.0. The van der Waals surface area contributed by atoms with Crippen molar-refractivity contribution in [1.29, 1.82) is 0 Å². The second-order valence-corrected chi connectivity index (χ2v) is 8.22. The maximum absolute atomic E-state index is 14.8. The lowest BCUT2D eigenvalue weighted by Crippen LogP contribution is -2.41. The SMILES string of the molecule is CC1CCC2OC3=C(C(=O)C2C1)C(c1ccccc1F)N(Cc1ccco1)C3=O. The van der Waals surface area contributed by atoms with Crippen LogP contribution in [0.5, 0.6) is 0 Å². The fraction of sp³-hybridized carbons (Fsp3) is 0.391. The van der Waals surface area contributed by atoms with Crippen LogP contribution in [0.25, 0.3) is 0 Å². The van der Waals surface area contributed by atoms with E-state index in [1.165, 1.54) is 17.2 Å². The first-order valence-corrected chi connectivity index (χ1v) is 10.1. The molecule has 1 amide bonds. The zero-order valence-corrected chi connectivity index (χ0v) is 16.1. The van der Waals surface area contributed by atoms with Gasteiger partial charge in [-0.3, -0.25) is 9.59 Å². The smallest absolute Gasteiger partial charge is 0.290 e. The highest BCUT2D eigenvalue weighted by molar-refractivity contribution is 6.11. The molecule has 29 heavy (non-hydrogen) atoms. The molecule has 4 unspecified atom stereocenters. The van der Waals surface area contributed by atoms with Gasteiger partial charge in [0.05, 0.1) is 30.3 Å². The molecule has 1 aromatic heterocycles. The molecule has 0 N–H and O–H groups in total. The molecule has 4 atom stereocenters. The van der Waals surface area contributed by atoms with Gasteiger partial charge in [0.15, 0.2) is 11.5 Å². The molecule has 5 rings (SSSR count). The van der Waals surface area contributed by atoms with E-state index in [-0.39, 0.29) is 36.0 Å². The molecule has 3 heterocycles. The number of hydrogen-bond acceptors (Lipinski definition) is 4. The molecule has 1 fully saturated rings. The molecule has 150 valence electrons. The van der Waals surface area contributed by atoms with E-state index in [4.69, 9.17) is 9.15 Å². The zero-order chi connectivity index (χ0) is 20.1. The normalized spacial score (nSPS) is 29.0. The molecule has 1 saturated carbocycles. The van der Waals surface area contributed by atoms with Gasteiger partial charge in [0, 0.05) is 5.56 Å². The van der Waals surface area contributed by atoms with Gasteiger partial charge in [0.1, 0.15) is 17.7 Å². The van der Waals surface area contributed by atoms with E-state index < -0.39 is 11.9 Å². The second-order valence-electron chi connectivity index (χ2n) is 8.22. The Kier molecular flexibility index (Phi) is 4.30. The molecule has 2 aliphatic heterocycles. The van der Waals surface area contributed by atoms with E-state index in [2.05, 4.69) is 6.92 Å². The van der Waals surface area contributed by atoms with Gasteiger partial charge in [-0.2, -0.15) is 0 Å². The van der Waals surface area contributed by atoms with E-state index in [9.17, 15) is 14.0 Å². The number of ketones is 1. The van der Waals surface area contributed by atoms with Crippen LogP contribution in [0, 0.1) is 17.7 Å². The molecule has 0 saturated heterocycles. The van der Waals surface area contributed by atoms with Crippen LogP contribution in [0.3, 0.4) is 0 Å². The summed E-state index contributed by atoms with van der Waals surface area (Å²) in [5, 5.41) is 0. The fourth-order valence-electron chi connectivity index (χ4n) is 4.88. The summed E-state index contributed by atoms with van der Waals surface area (Å²) in [6.45, 7) is 2.27. The summed E-state index contributed by atoms with van der Waals surface area (Å²) >= 11 is 0. The van der Waals surface area contributed by atoms with Gasteiger partial charge in [-0.15, -0.1) is 0 Å². The minimum absolute atomic E-state index is 0.0775. The Hall–Kier alpha value is -2.89. The second kappa shape index (κ2) is 6.87. The minimum Gasteiger partial charge on any atom is -0.483 e. The highest BCUT2D eigenvalue weighted by Crippen LogP contribution is 2.48. The Morgan fingerprint density at radius 3 is 2.72 bits per heavy atom. The van der Waals surface area contributed by atoms with Crippen LogP contribution in [0.2, 0.25) is 0 Å². The van der Waals surface area contributed by atoms with Crippen molar-refractivity contribution in [2.24, 2.45) is 11.8 Å². The van der Waals surface area contributed by atoms with Crippen LogP contribution in [0.4, 0.5) is 4.39 Å². The summed E-state index contributed by atoms with van der Waals surface area (Å²) in [7, 11) is 0. The molecule has 0 radical (unpaired) electrons. The Labute approximate surface area is 168 Å². The molecule has 1 aliphatic carbocycles. The monoisotopic (exact) mass is 395 g/mol. The van der Waals surface area contributed by atoms with Gasteiger partial charge in [0.2, 0.25) is 0 Å². The maximum Gasteiger partial charge on any atom is 0.290 e. The summed E-state index contributed by atoms with van der Waals surface area (Å²) in [6.07, 6.45) is 3.71. The van der Waals surface area contributed by atoms with Crippen LogP contribution < -0.4 is 0 Å². The largest absolute Gasteiger partial charge is 0.483 e. The molecule has 0 spiro atoms. The predicted octanol–water partition coefficient (Wildman–Crippen LogP) is 4.16. The van der Waals surface area contributed by atoms with Crippen LogP contribution in [-0.4, -0.2) is 22.7 Å². The fourth-order valence-corrected chi connectivity index (χ4v) is 4.88. The number of furan rings is 1. The topological polar surface area (TPSA) is 59.8 Å². The van der Waals surface area contributed by atoms with Crippen molar-refractivity contribution in [3.8, 4) is 0 Å². The summed E-state index contributed by atoms with van der Waals surface area (Å²) in [5.41, 5.74) is 0.596. The lowest BCUT2D eigenvalue weighted by molar-refractivity contribution is -0.136. The molecule has 5 nitrogen and oxygen atoms in total. The number of ether oxygens (including phenoxy) is 1. The third-order valence-electron chi connectivity index (χ3n) is 6.31. The van der Waals surface area contributed by atoms with Crippen LogP contribution >= 0.6 is 0 Å². The molecule has 1 aromatic carbocycles. The van der Waals surface area contributed by atoms with Crippen LogP contribution in [-0.2, 0) is 20.9 Å². The standard InChI is InChI=1S/C23H22FNO4/c1-13-8-9-18-16(11-13)21(26)19-20(15-6-2-3-7-17(15)24)25(23(27)22(19)29-18)12-14-5-4-10-28-14/h2-7,10,13,16,18,20H,8-9,11-12H2,1H3. The highest BCUT2D eigenvalue weighted by atomic mass is 19.1. The Morgan fingerprint density at radius 1 is 1.14 bits per heavy atom. The van der Waals surface area contributed by atoms with Crippen molar-refractivity contribution in [1.82, 2.24) is 4.90 Å². The van der Waals surface area contributed by atoms with Crippen molar-refractivity contribution in [3.05, 3.63) is 71.1 Å². The lowest BCUT2D eigenvalue weighted by atomic mass is 9.74. The molecular formula is C23H22FNO4. The predicted molar refractivity (Wildman–Crippen MR) is 102 cm³/mol. The van der Waals surface area contributed by atoms with Gasteiger partial charge >= 0.3 is 0 Å². The highest BCUT2D eigenvalue weighted by Gasteiger charge is 2.53. The van der Waals surface area contributed by atoms with Gasteiger partial charge in [0.25, 0.3) is 5.91 Å². The van der Waals surface area contributed by atoms with Crippen LogP contribution in [0.15, 0.2) is 58.4 Å². The van der Waals surface area contributed by atoms with E-state index >= 15 is 0 Å². The lowest BCUT2D eigenvalue weighted by Gasteiger charge is -2.37. The maximum atomic E-state index is 14.8. The minimum atomic E-state index is -0.811. The van der Waals surface area contributed by atoms with Crippen molar-refractivity contribution in [2.45, 2.75) is 44.9 Å².